The molecule has 2 aromatic heterocycles. The SMILES string of the molecule is Cc1cc(=O)n(Cc2ccc(C#CCN)s2)cn1. The van der Waals surface area contributed by atoms with E-state index < -0.39 is 0 Å². The largest absolute Gasteiger partial charge is 0.320 e. The second-order valence-corrected chi connectivity index (χ2v) is 4.94. The van der Waals surface area contributed by atoms with Gasteiger partial charge in [-0.2, -0.15) is 0 Å². The molecule has 2 rings (SSSR count). The molecular formula is C13H13N3OS. The van der Waals surface area contributed by atoms with Gasteiger partial charge in [0.25, 0.3) is 5.56 Å². The molecule has 0 saturated heterocycles. The van der Waals surface area contributed by atoms with Crippen LogP contribution in [0.1, 0.15) is 15.4 Å². The Labute approximate surface area is 109 Å². The molecule has 18 heavy (non-hydrogen) atoms. The molecule has 0 aliphatic rings. The van der Waals surface area contributed by atoms with Crippen LogP contribution in [0.2, 0.25) is 0 Å². The number of nitrogens with two attached hydrogens (primary N) is 1. The maximum absolute atomic E-state index is 11.7. The molecule has 4 nitrogen and oxygen atoms in total. The predicted octanol–water partition coefficient (Wildman–Crippen LogP) is 0.972. The molecule has 2 heterocycles. The highest BCUT2D eigenvalue weighted by Gasteiger charge is 2.01. The van der Waals surface area contributed by atoms with Gasteiger partial charge in [-0.15, -0.1) is 11.3 Å². The van der Waals surface area contributed by atoms with Crippen molar-refractivity contribution >= 4 is 11.3 Å². The first kappa shape index (κ1) is 12.6. The Bertz CT molecular complexity index is 661. The quantitative estimate of drug-likeness (QED) is 0.818. The van der Waals surface area contributed by atoms with Crippen LogP contribution in [0.25, 0.3) is 0 Å². The third kappa shape index (κ3) is 3.06. The van der Waals surface area contributed by atoms with E-state index in [1.165, 1.54) is 6.07 Å². The van der Waals surface area contributed by atoms with Crippen LogP contribution < -0.4 is 11.3 Å². The van der Waals surface area contributed by atoms with Crippen LogP contribution in [-0.4, -0.2) is 16.1 Å². The second kappa shape index (κ2) is 5.63. The van der Waals surface area contributed by atoms with Crippen molar-refractivity contribution in [3.05, 3.63) is 50.3 Å². The molecule has 2 N–H and O–H groups in total. The maximum atomic E-state index is 11.7. The van der Waals surface area contributed by atoms with Crippen LogP contribution in [0.5, 0.6) is 0 Å². The van der Waals surface area contributed by atoms with Gasteiger partial charge in [-0.3, -0.25) is 9.36 Å². The zero-order valence-corrected chi connectivity index (χ0v) is 10.8. The average molecular weight is 259 g/mol. The second-order valence-electron chi connectivity index (χ2n) is 3.77. The number of rotatable bonds is 2. The summed E-state index contributed by atoms with van der Waals surface area (Å²) in [6, 6.07) is 5.44. The minimum absolute atomic E-state index is 0.0366. The Morgan fingerprint density at radius 3 is 3.06 bits per heavy atom. The Balaban J connectivity index is 2.19. The van der Waals surface area contributed by atoms with Gasteiger partial charge < -0.3 is 5.73 Å². The predicted molar refractivity (Wildman–Crippen MR) is 72.6 cm³/mol. The summed E-state index contributed by atoms with van der Waals surface area (Å²) >= 11 is 1.56. The van der Waals surface area contributed by atoms with Crippen LogP contribution >= 0.6 is 11.3 Å². The van der Waals surface area contributed by atoms with Crippen molar-refractivity contribution in [2.45, 2.75) is 13.5 Å². The lowest BCUT2D eigenvalue weighted by Crippen LogP contribution is -2.20. The topological polar surface area (TPSA) is 60.9 Å². The first-order valence-corrected chi connectivity index (χ1v) is 6.31. The van der Waals surface area contributed by atoms with Gasteiger partial charge in [0.1, 0.15) is 0 Å². The van der Waals surface area contributed by atoms with Crippen molar-refractivity contribution < 1.29 is 0 Å². The van der Waals surface area contributed by atoms with Crippen molar-refractivity contribution in [3.8, 4) is 11.8 Å². The van der Waals surface area contributed by atoms with Gasteiger partial charge in [0, 0.05) is 16.6 Å². The molecular weight excluding hydrogens is 246 g/mol. The number of thiophene rings is 1. The molecule has 0 aromatic carbocycles. The maximum Gasteiger partial charge on any atom is 0.253 e. The summed E-state index contributed by atoms with van der Waals surface area (Å²) in [7, 11) is 0. The molecule has 0 saturated carbocycles. The zero-order chi connectivity index (χ0) is 13.0. The van der Waals surface area contributed by atoms with Gasteiger partial charge in [0.15, 0.2) is 0 Å². The molecule has 0 bridgehead atoms. The highest BCUT2D eigenvalue weighted by atomic mass is 32.1. The van der Waals surface area contributed by atoms with E-state index in [1.54, 1.807) is 29.2 Å². The Morgan fingerprint density at radius 1 is 1.50 bits per heavy atom. The van der Waals surface area contributed by atoms with Crippen molar-refractivity contribution in [1.29, 1.82) is 0 Å². The number of aryl methyl sites for hydroxylation is 1. The molecule has 0 aliphatic carbocycles. The van der Waals surface area contributed by atoms with E-state index in [2.05, 4.69) is 16.8 Å². The first-order valence-electron chi connectivity index (χ1n) is 5.50. The monoisotopic (exact) mass is 259 g/mol. The average Bonchev–Trinajstić information content (AvgIpc) is 2.78. The lowest BCUT2D eigenvalue weighted by molar-refractivity contribution is 0.739. The summed E-state index contributed by atoms with van der Waals surface area (Å²) in [5.74, 6) is 5.78. The standard InChI is InChI=1S/C13H13N3OS/c1-10-7-13(17)16(9-15-10)8-12-5-4-11(18-12)3-2-6-14/h4-5,7,9H,6,8,14H2,1H3. The van der Waals surface area contributed by atoms with Crippen LogP contribution in [0.4, 0.5) is 0 Å². The molecule has 0 amide bonds. The summed E-state index contributed by atoms with van der Waals surface area (Å²) in [5, 5.41) is 0. The van der Waals surface area contributed by atoms with Crippen LogP contribution in [-0.2, 0) is 6.54 Å². The highest BCUT2D eigenvalue weighted by molar-refractivity contribution is 7.12. The smallest absolute Gasteiger partial charge is 0.253 e. The number of hydrogen-bond donors (Lipinski definition) is 1. The minimum Gasteiger partial charge on any atom is -0.320 e. The van der Waals surface area contributed by atoms with E-state index >= 15 is 0 Å². The summed E-state index contributed by atoms with van der Waals surface area (Å²) in [6.07, 6.45) is 1.57. The lowest BCUT2D eigenvalue weighted by Gasteiger charge is -2.02. The summed E-state index contributed by atoms with van der Waals surface area (Å²) in [4.78, 5) is 17.9. The zero-order valence-electron chi connectivity index (χ0n) is 10.0. The number of aromatic nitrogens is 2. The van der Waals surface area contributed by atoms with Gasteiger partial charge in [-0.25, -0.2) is 4.98 Å². The van der Waals surface area contributed by atoms with Gasteiger partial charge in [0.05, 0.1) is 24.3 Å². The molecule has 0 aliphatic heterocycles. The lowest BCUT2D eigenvalue weighted by atomic mass is 10.4. The van der Waals surface area contributed by atoms with Gasteiger partial charge in [0.2, 0.25) is 0 Å². The van der Waals surface area contributed by atoms with Crippen LogP contribution in [0, 0.1) is 18.8 Å². The van der Waals surface area contributed by atoms with E-state index in [9.17, 15) is 4.79 Å². The van der Waals surface area contributed by atoms with Crippen LogP contribution in [0.15, 0.2) is 29.3 Å². The van der Waals surface area contributed by atoms with E-state index in [4.69, 9.17) is 5.73 Å². The highest BCUT2D eigenvalue weighted by Crippen LogP contribution is 2.15. The van der Waals surface area contributed by atoms with Crippen molar-refractivity contribution in [3.63, 3.8) is 0 Å². The Hall–Kier alpha value is -1.90. The fourth-order valence-corrected chi connectivity index (χ4v) is 2.35. The minimum atomic E-state index is -0.0366. The van der Waals surface area contributed by atoms with E-state index in [0.717, 1.165) is 15.4 Å². The Kier molecular flexibility index (Phi) is 3.92. The number of hydrogen-bond acceptors (Lipinski definition) is 4. The molecule has 0 atom stereocenters. The van der Waals surface area contributed by atoms with Crippen molar-refractivity contribution in [2.75, 3.05) is 6.54 Å². The molecule has 92 valence electrons. The van der Waals surface area contributed by atoms with Crippen molar-refractivity contribution in [2.24, 2.45) is 5.73 Å². The fraction of sp³-hybridized carbons (Fsp3) is 0.231. The normalized spacial score (nSPS) is 9.89. The van der Waals surface area contributed by atoms with Gasteiger partial charge in [-0.1, -0.05) is 11.8 Å². The molecule has 0 radical (unpaired) electrons. The van der Waals surface area contributed by atoms with Gasteiger partial charge in [-0.05, 0) is 19.1 Å². The summed E-state index contributed by atoms with van der Waals surface area (Å²) < 4.78 is 1.58. The molecule has 0 spiro atoms. The third-order valence-corrected chi connectivity index (χ3v) is 3.30. The fourth-order valence-electron chi connectivity index (χ4n) is 1.47. The number of nitrogens with zero attached hydrogens (tertiary/aromatic N) is 2. The molecule has 2 aromatic rings. The molecule has 0 unspecified atom stereocenters. The Morgan fingerprint density at radius 2 is 2.33 bits per heavy atom. The van der Waals surface area contributed by atoms with E-state index in [-0.39, 0.29) is 5.56 Å². The van der Waals surface area contributed by atoms with Gasteiger partial charge >= 0.3 is 0 Å². The van der Waals surface area contributed by atoms with E-state index in [0.29, 0.717) is 13.1 Å². The molecule has 0 fully saturated rings. The summed E-state index contributed by atoms with van der Waals surface area (Å²) in [5.41, 5.74) is 6.01. The van der Waals surface area contributed by atoms with Crippen molar-refractivity contribution in [1.82, 2.24) is 9.55 Å². The third-order valence-electron chi connectivity index (χ3n) is 2.32. The van der Waals surface area contributed by atoms with Crippen LogP contribution in [0.3, 0.4) is 0 Å². The summed E-state index contributed by atoms with van der Waals surface area (Å²) in [6.45, 7) is 2.69. The first-order chi connectivity index (χ1) is 8.69. The van der Waals surface area contributed by atoms with E-state index in [1.807, 2.05) is 12.1 Å². The molecule has 5 heteroatoms.